The maximum Gasteiger partial charge on any atom is 0.261 e. The Morgan fingerprint density at radius 2 is 1.81 bits per heavy atom. The predicted molar refractivity (Wildman–Crippen MR) is 104 cm³/mol. The fraction of sp³-hybridized carbons (Fsp3) is 0.222. The number of hydrogen-bond acceptors (Lipinski definition) is 4. The van der Waals surface area contributed by atoms with Crippen LogP contribution in [-0.4, -0.2) is 32.8 Å². The molecule has 0 spiro atoms. The van der Waals surface area contributed by atoms with Crippen LogP contribution in [0.3, 0.4) is 0 Å². The lowest BCUT2D eigenvalue weighted by Crippen LogP contribution is -2.44. The number of carbonyl (C=O) groups excluding carboxylic acids is 2. The van der Waals surface area contributed by atoms with Gasteiger partial charge in [-0.2, -0.15) is 0 Å². The van der Waals surface area contributed by atoms with Crippen molar-refractivity contribution in [2.24, 2.45) is 0 Å². The minimum Gasteiger partial charge on any atom is -0.355 e. The van der Waals surface area contributed by atoms with Crippen molar-refractivity contribution in [1.29, 1.82) is 0 Å². The number of halogens is 1. The Hall–Kier alpha value is -2.58. The SMILES string of the molecule is CCNC(=O)[C@H](C)NC(=O)c1cccc(S(=O)(=O)Nc2cccc(Cl)c2)c1. The molecule has 0 heterocycles. The molecule has 2 rings (SSSR count). The highest BCUT2D eigenvalue weighted by atomic mass is 35.5. The van der Waals surface area contributed by atoms with E-state index in [0.717, 1.165) is 0 Å². The number of likely N-dealkylation sites (N-methyl/N-ethyl adjacent to an activating group) is 1. The molecule has 2 amide bonds. The molecule has 0 unspecified atom stereocenters. The van der Waals surface area contributed by atoms with Crippen LogP contribution < -0.4 is 15.4 Å². The fourth-order valence-electron chi connectivity index (χ4n) is 2.24. The first-order chi connectivity index (χ1) is 12.7. The maximum absolute atomic E-state index is 12.6. The Morgan fingerprint density at radius 1 is 1.11 bits per heavy atom. The lowest BCUT2D eigenvalue weighted by atomic mass is 10.2. The molecular weight excluding hydrogens is 390 g/mol. The van der Waals surface area contributed by atoms with Gasteiger partial charge in [-0.3, -0.25) is 14.3 Å². The summed E-state index contributed by atoms with van der Waals surface area (Å²) in [5.41, 5.74) is 0.433. The van der Waals surface area contributed by atoms with Crippen LogP contribution in [0, 0.1) is 0 Å². The van der Waals surface area contributed by atoms with E-state index in [1.165, 1.54) is 30.3 Å². The molecule has 1 atom stereocenters. The molecule has 9 heteroatoms. The largest absolute Gasteiger partial charge is 0.355 e. The van der Waals surface area contributed by atoms with Gasteiger partial charge in [-0.25, -0.2) is 8.42 Å². The average molecular weight is 410 g/mol. The van der Waals surface area contributed by atoms with Crippen LogP contribution in [0.1, 0.15) is 24.2 Å². The Balaban J connectivity index is 2.18. The average Bonchev–Trinajstić information content (AvgIpc) is 2.61. The van der Waals surface area contributed by atoms with Gasteiger partial charge in [0.05, 0.1) is 10.6 Å². The molecule has 0 aliphatic heterocycles. The van der Waals surface area contributed by atoms with E-state index in [1.807, 2.05) is 0 Å². The van der Waals surface area contributed by atoms with Crippen LogP contribution >= 0.6 is 11.6 Å². The van der Waals surface area contributed by atoms with E-state index in [1.54, 1.807) is 32.0 Å². The number of amides is 2. The summed E-state index contributed by atoms with van der Waals surface area (Å²) in [6.45, 7) is 3.76. The molecular formula is C18H20ClN3O4S. The van der Waals surface area contributed by atoms with E-state index in [0.29, 0.717) is 17.3 Å². The third-order valence-corrected chi connectivity index (χ3v) is 5.19. The third kappa shape index (κ3) is 5.70. The first kappa shape index (κ1) is 20.7. The van der Waals surface area contributed by atoms with Gasteiger partial charge in [0.2, 0.25) is 5.91 Å². The van der Waals surface area contributed by atoms with Crippen molar-refractivity contribution < 1.29 is 18.0 Å². The summed E-state index contributed by atoms with van der Waals surface area (Å²) in [5.74, 6) is -0.870. The summed E-state index contributed by atoms with van der Waals surface area (Å²) >= 11 is 5.86. The van der Waals surface area contributed by atoms with Crippen molar-refractivity contribution in [3.05, 3.63) is 59.1 Å². The van der Waals surface area contributed by atoms with Crippen LogP contribution in [-0.2, 0) is 14.8 Å². The Bertz CT molecular complexity index is 947. The fourth-order valence-corrected chi connectivity index (χ4v) is 3.53. The van der Waals surface area contributed by atoms with Gasteiger partial charge in [-0.1, -0.05) is 23.7 Å². The Labute approximate surface area is 163 Å². The molecule has 0 radical (unpaired) electrons. The van der Waals surface area contributed by atoms with Crippen LogP contribution in [0.5, 0.6) is 0 Å². The van der Waals surface area contributed by atoms with Crippen molar-refractivity contribution >= 4 is 39.1 Å². The molecule has 27 heavy (non-hydrogen) atoms. The lowest BCUT2D eigenvalue weighted by Gasteiger charge is -2.14. The highest BCUT2D eigenvalue weighted by Gasteiger charge is 2.19. The number of hydrogen-bond donors (Lipinski definition) is 3. The van der Waals surface area contributed by atoms with Gasteiger partial charge in [-0.15, -0.1) is 0 Å². The quantitative estimate of drug-likeness (QED) is 0.653. The van der Waals surface area contributed by atoms with Crippen LogP contribution in [0.25, 0.3) is 0 Å². The summed E-state index contributed by atoms with van der Waals surface area (Å²) in [5, 5.41) is 5.52. The maximum atomic E-state index is 12.6. The van der Waals surface area contributed by atoms with Crippen molar-refractivity contribution in [2.45, 2.75) is 24.8 Å². The van der Waals surface area contributed by atoms with E-state index < -0.39 is 22.0 Å². The number of nitrogens with one attached hydrogen (secondary N) is 3. The molecule has 0 fully saturated rings. The predicted octanol–water partition coefficient (Wildman–Crippen LogP) is 2.40. The monoisotopic (exact) mass is 409 g/mol. The van der Waals surface area contributed by atoms with E-state index in [-0.39, 0.29) is 16.4 Å². The molecule has 144 valence electrons. The lowest BCUT2D eigenvalue weighted by molar-refractivity contribution is -0.122. The van der Waals surface area contributed by atoms with Crippen molar-refractivity contribution in [1.82, 2.24) is 10.6 Å². The molecule has 0 bridgehead atoms. The minimum atomic E-state index is -3.91. The van der Waals surface area contributed by atoms with Crippen molar-refractivity contribution in [3.8, 4) is 0 Å². The summed E-state index contributed by atoms with van der Waals surface area (Å²) in [6, 6.07) is 11.1. The summed E-state index contributed by atoms with van der Waals surface area (Å²) in [4.78, 5) is 24.0. The molecule has 2 aromatic rings. The van der Waals surface area contributed by atoms with Gasteiger partial charge >= 0.3 is 0 Å². The zero-order valence-corrected chi connectivity index (χ0v) is 16.4. The van der Waals surface area contributed by atoms with Gasteiger partial charge in [-0.05, 0) is 50.2 Å². The second kappa shape index (κ2) is 8.88. The second-order valence-corrected chi connectivity index (χ2v) is 7.85. The van der Waals surface area contributed by atoms with Gasteiger partial charge in [0.15, 0.2) is 0 Å². The van der Waals surface area contributed by atoms with Crippen LogP contribution in [0.2, 0.25) is 5.02 Å². The molecule has 0 aliphatic carbocycles. The van der Waals surface area contributed by atoms with Gasteiger partial charge in [0, 0.05) is 17.1 Å². The first-order valence-electron chi connectivity index (χ1n) is 8.20. The highest BCUT2D eigenvalue weighted by molar-refractivity contribution is 7.92. The van der Waals surface area contributed by atoms with E-state index in [4.69, 9.17) is 11.6 Å². The number of carbonyl (C=O) groups is 2. The van der Waals surface area contributed by atoms with Gasteiger partial charge < -0.3 is 10.6 Å². The zero-order chi connectivity index (χ0) is 20.0. The smallest absolute Gasteiger partial charge is 0.261 e. The first-order valence-corrected chi connectivity index (χ1v) is 10.1. The third-order valence-electron chi connectivity index (χ3n) is 3.58. The molecule has 0 aliphatic rings. The Morgan fingerprint density at radius 3 is 2.48 bits per heavy atom. The minimum absolute atomic E-state index is 0.0826. The normalized spacial score (nSPS) is 12.1. The van der Waals surface area contributed by atoms with E-state index in [2.05, 4.69) is 15.4 Å². The van der Waals surface area contributed by atoms with E-state index >= 15 is 0 Å². The summed E-state index contributed by atoms with van der Waals surface area (Å²) < 4.78 is 27.5. The van der Waals surface area contributed by atoms with Crippen LogP contribution in [0.4, 0.5) is 5.69 Å². The number of benzene rings is 2. The van der Waals surface area contributed by atoms with Crippen LogP contribution in [0.15, 0.2) is 53.4 Å². The molecule has 0 saturated heterocycles. The van der Waals surface area contributed by atoms with Crippen molar-refractivity contribution in [3.63, 3.8) is 0 Å². The highest BCUT2D eigenvalue weighted by Crippen LogP contribution is 2.20. The molecule has 0 saturated carbocycles. The molecule has 2 aromatic carbocycles. The van der Waals surface area contributed by atoms with Gasteiger partial charge in [0.25, 0.3) is 15.9 Å². The van der Waals surface area contributed by atoms with E-state index in [9.17, 15) is 18.0 Å². The second-order valence-electron chi connectivity index (χ2n) is 5.73. The molecule has 0 aromatic heterocycles. The summed E-state index contributed by atoms with van der Waals surface area (Å²) in [6.07, 6.45) is 0. The molecule has 7 nitrogen and oxygen atoms in total. The molecule has 3 N–H and O–H groups in total. The number of anilines is 1. The van der Waals surface area contributed by atoms with Crippen molar-refractivity contribution in [2.75, 3.05) is 11.3 Å². The number of sulfonamides is 1. The number of rotatable bonds is 7. The Kier molecular flexibility index (Phi) is 6.81. The zero-order valence-electron chi connectivity index (χ0n) is 14.8. The summed E-state index contributed by atoms with van der Waals surface area (Å²) in [7, 11) is -3.91. The van der Waals surface area contributed by atoms with Gasteiger partial charge in [0.1, 0.15) is 6.04 Å². The standard InChI is InChI=1S/C18H20ClN3O4S/c1-3-20-17(23)12(2)21-18(24)13-6-4-9-16(10-13)27(25,26)22-15-8-5-7-14(19)11-15/h4-12,22H,3H2,1-2H3,(H,20,23)(H,21,24)/t12-/m0/s1. The topological polar surface area (TPSA) is 104 Å².